The molecule has 0 spiro atoms. The molecule has 2 aromatic rings. The van der Waals surface area contributed by atoms with Gasteiger partial charge in [0.05, 0.1) is 6.61 Å². The van der Waals surface area contributed by atoms with E-state index < -0.39 is 0 Å². The quantitative estimate of drug-likeness (QED) is 0.723. The summed E-state index contributed by atoms with van der Waals surface area (Å²) < 4.78 is 5.85. The summed E-state index contributed by atoms with van der Waals surface area (Å²) in [6, 6.07) is 11.0. The SMILES string of the molecule is Cc1cc2c(c(-c3c(C)cccc3C)c1)OCC2. The Kier molecular flexibility index (Phi) is 2.62. The minimum atomic E-state index is 0.816. The molecule has 0 amide bonds. The maximum absolute atomic E-state index is 5.85. The number of rotatable bonds is 1. The van der Waals surface area contributed by atoms with Crippen LogP contribution in [-0.4, -0.2) is 6.61 Å². The molecule has 1 nitrogen and oxygen atoms in total. The van der Waals surface area contributed by atoms with Gasteiger partial charge >= 0.3 is 0 Å². The van der Waals surface area contributed by atoms with Crippen LogP contribution in [-0.2, 0) is 6.42 Å². The first-order valence-corrected chi connectivity index (χ1v) is 6.50. The lowest BCUT2D eigenvalue weighted by Crippen LogP contribution is -1.93. The summed E-state index contributed by atoms with van der Waals surface area (Å²) in [5.41, 5.74) is 7.90. The highest BCUT2D eigenvalue weighted by atomic mass is 16.5. The first-order chi connectivity index (χ1) is 8.66. The van der Waals surface area contributed by atoms with Crippen LogP contribution in [0.4, 0.5) is 0 Å². The van der Waals surface area contributed by atoms with E-state index in [0.29, 0.717) is 0 Å². The summed E-state index contributed by atoms with van der Waals surface area (Å²) in [5, 5.41) is 0. The van der Waals surface area contributed by atoms with Crippen molar-refractivity contribution in [2.75, 3.05) is 6.61 Å². The van der Waals surface area contributed by atoms with E-state index >= 15 is 0 Å². The molecule has 3 rings (SSSR count). The van der Waals surface area contributed by atoms with E-state index in [2.05, 4.69) is 51.1 Å². The molecule has 0 fully saturated rings. The Morgan fingerprint density at radius 1 is 1.00 bits per heavy atom. The molecule has 0 radical (unpaired) electrons. The monoisotopic (exact) mass is 238 g/mol. The molecule has 0 aromatic heterocycles. The van der Waals surface area contributed by atoms with Gasteiger partial charge in [0.1, 0.15) is 5.75 Å². The summed E-state index contributed by atoms with van der Waals surface area (Å²) in [6.45, 7) is 7.32. The molecular formula is C17H18O. The maximum atomic E-state index is 5.85. The number of aryl methyl sites for hydroxylation is 3. The van der Waals surface area contributed by atoms with Crippen molar-refractivity contribution < 1.29 is 4.74 Å². The lowest BCUT2D eigenvalue weighted by molar-refractivity contribution is 0.358. The molecule has 18 heavy (non-hydrogen) atoms. The van der Waals surface area contributed by atoms with Gasteiger partial charge in [0.15, 0.2) is 0 Å². The maximum Gasteiger partial charge on any atom is 0.130 e. The molecular weight excluding hydrogens is 220 g/mol. The molecule has 0 unspecified atom stereocenters. The summed E-state index contributed by atoms with van der Waals surface area (Å²) in [7, 11) is 0. The van der Waals surface area contributed by atoms with Crippen LogP contribution in [0.15, 0.2) is 30.3 Å². The van der Waals surface area contributed by atoms with E-state index in [1.54, 1.807) is 0 Å². The second-order valence-corrected chi connectivity index (χ2v) is 5.17. The van der Waals surface area contributed by atoms with Gasteiger partial charge in [-0.15, -0.1) is 0 Å². The second kappa shape index (κ2) is 4.16. The zero-order valence-corrected chi connectivity index (χ0v) is 11.2. The van der Waals surface area contributed by atoms with Gasteiger partial charge in [-0.3, -0.25) is 0 Å². The Morgan fingerprint density at radius 2 is 1.72 bits per heavy atom. The van der Waals surface area contributed by atoms with E-state index in [1.807, 2.05) is 0 Å². The second-order valence-electron chi connectivity index (χ2n) is 5.17. The molecule has 0 aliphatic carbocycles. The minimum absolute atomic E-state index is 0.816. The molecule has 92 valence electrons. The molecule has 0 N–H and O–H groups in total. The zero-order chi connectivity index (χ0) is 12.7. The fraction of sp³-hybridized carbons (Fsp3) is 0.294. The zero-order valence-electron chi connectivity index (χ0n) is 11.2. The van der Waals surface area contributed by atoms with Crippen LogP contribution in [0.2, 0.25) is 0 Å². The molecule has 1 heteroatoms. The fourth-order valence-corrected chi connectivity index (χ4v) is 2.89. The molecule has 1 heterocycles. The van der Waals surface area contributed by atoms with Gasteiger partial charge < -0.3 is 4.74 Å². The van der Waals surface area contributed by atoms with Crippen molar-refractivity contribution in [2.45, 2.75) is 27.2 Å². The number of fused-ring (bicyclic) bond motifs is 1. The van der Waals surface area contributed by atoms with Crippen molar-refractivity contribution in [3.8, 4) is 16.9 Å². The van der Waals surface area contributed by atoms with Crippen molar-refractivity contribution >= 4 is 0 Å². The molecule has 0 saturated heterocycles. The molecule has 0 saturated carbocycles. The largest absolute Gasteiger partial charge is 0.492 e. The highest BCUT2D eigenvalue weighted by molar-refractivity contribution is 5.78. The standard InChI is InChI=1S/C17H18O/c1-11-9-14-7-8-18-17(14)15(10-11)16-12(2)5-4-6-13(16)3/h4-6,9-10H,7-8H2,1-3H3. The van der Waals surface area contributed by atoms with Crippen molar-refractivity contribution in [1.29, 1.82) is 0 Å². The van der Waals surface area contributed by atoms with Crippen molar-refractivity contribution in [1.82, 2.24) is 0 Å². The third kappa shape index (κ3) is 1.71. The van der Waals surface area contributed by atoms with Crippen LogP contribution < -0.4 is 4.74 Å². The predicted molar refractivity (Wildman–Crippen MR) is 75.3 cm³/mol. The summed E-state index contributed by atoms with van der Waals surface area (Å²) in [4.78, 5) is 0. The van der Waals surface area contributed by atoms with E-state index in [4.69, 9.17) is 4.74 Å². The number of benzene rings is 2. The van der Waals surface area contributed by atoms with Gasteiger partial charge in [0, 0.05) is 12.0 Å². The van der Waals surface area contributed by atoms with E-state index in [1.165, 1.54) is 33.4 Å². The van der Waals surface area contributed by atoms with Crippen molar-refractivity contribution in [3.05, 3.63) is 52.6 Å². The molecule has 0 atom stereocenters. The first-order valence-electron chi connectivity index (χ1n) is 6.50. The highest BCUT2D eigenvalue weighted by Crippen LogP contribution is 2.40. The van der Waals surface area contributed by atoms with E-state index in [9.17, 15) is 0 Å². The van der Waals surface area contributed by atoms with E-state index in [0.717, 1.165) is 18.8 Å². The Bertz CT molecular complexity index is 591. The third-order valence-electron chi connectivity index (χ3n) is 3.68. The molecule has 1 aliphatic rings. The van der Waals surface area contributed by atoms with Gasteiger partial charge in [0.2, 0.25) is 0 Å². The fourth-order valence-electron chi connectivity index (χ4n) is 2.89. The van der Waals surface area contributed by atoms with Crippen LogP contribution in [0.5, 0.6) is 5.75 Å². The van der Waals surface area contributed by atoms with Crippen molar-refractivity contribution in [2.24, 2.45) is 0 Å². The number of hydrogen-bond acceptors (Lipinski definition) is 1. The van der Waals surface area contributed by atoms with Crippen LogP contribution in [0.3, 0.4) is 0 Å². The summed E-state index contributed by atoms with van der Waals surface area (Å²) in [5.74, 6) is 1.10. The summed E-state index contributed by atoms with van der Waals surface area (Å²) >= 11 is 0. The smallest absolute Gasteiger partial charge is 0.130 e. The minimum Gasteiger partial charge on any atom is -0.492 e. The van der Waals surface area contributed by atoms with Crippen LogP contribution in [0.1, 0.15) is 22.3 Å². The van der Waals surface area contributed by atoms with Crippen LogP contribution >= 0.6 is 0 Å². The highest BCUT2D eigenvalue weighted by Gasteiger charge is 2.19. The Balaban J connectivity index is 2.30. The lowest BCUT2D eigenvalue weighted by Gasteiger charge is -2.14. The Hall–Kier alpha value is -1.76. The van der Waals surface area contributed by atoms with Gasteiger partial charge in [-0.25, -0.2) is 0 Å². The van der Waals surface area contributed by atoms with Crippen LogP contribution in [0.25, 0.3) is 11.1 Å². The third-order valence-corrected chi connectivity index (χ3v) is 3.68. The van der Waals surface area contributed by atoms with Gasteiger partial charge in [0.25, 0.3) is 0 Å². The Labute approximate surface area is 108 Å². The van der Waals surface area contributed by atoms with Crippen LogP contribution in [0, 0.1) is 20.8 Å². The number of hydrogen-bond donors (Lipinski definition) is 0. The van der Waals surface area contributed by atoms with Gasteiger partial charge in [-0.05, 0) is 54.7 Å². The normalized spacial score (nSPS) is 13.3. The van der Waals surface area contributed by atoms with E-state index in [-0.39, 0.29) is 0 Å². The van der Waals surface area contributed by atoms with Gasteiger partial charge in [-0.2, -0.15) is 0 Å². The first kappa shape index (κ1) is 11.3. The summed E-state index contributed by atoms with van der Waals surface area (Å²) in [6.07, 6.45) is 1.04. The van der Waals surface area contributed by atoms with Gasteiger partial charge in [-0.1, -0.05) is 24.3 Å². The van der Waals surface area contributed by atoms with Crippen molar-refractivity contribution in [3.63, 3.8) is 0 Å². The average molecular weight is 238 g/mol. The lowest BCUT2D eigenvalue weighted by atomic mass is 9.92. The molecule has 0 bridgehead atoms. The average Bonchev–Trinajstić information content (AvgIpc) is 2.76. The topological polar surface area (TPSA) is 9.23 Å². The number of ether oxygens (including phenoxy) is 1. The molecule has 2 aromatic carbocycles. The molecule has 1 aliphatic heterocycles. The predicted octanol–water partition coefficient (Wildman–Crippen LogP) is 4.21. The Morgan fingerprint density at radius 3 is 2.44 bits per heavy atom.